The molecule has 2 aliphatic heterocycles. The van der Waals surface area contributed by atoms with Gasteiger partial charge in [-0.15, -0.1) is 0 Å². The fraction of sp³-hybridized carbons (Fsp3) is 0.429. The zero-order valence-corrected chi connectivity index (χ0v) is 20.1. The summed E-state index contributed by atoms with van der Waals surface area (Å²) in [6.07, 6.45) is 9.13. The van der Waals surface area contributed by atoms with Crippen molar-refractivity contribution in [1.29, 1.82) is 0 Å². The Balaban J connectivity index is 1.06. The van der Waals surface area contributed by atoms with Crippen molar-refractivity contribution in [3.05, 3.63) is 72.6 Å². The molecule has 1 unspecified atom stereocenters. The topological polar surface area (TPSA) is 68.6 Å². The molecule has 3 aromatic rings. The summed E-state index contributed by atoms with van der Waals surface area (Å²) in [4.78, 5) is 14.4. The second-order valence-corrected chi connectivity index (χ2v) is 9.45. The number of carbonyl (C=O) groups is 1. The molecule has 0 aliphatic carbocycles. The van der Waals surface area contributed by atoms with Crippen LogP contribution in [-0.4, -0.2) is 42.2 Å². The zero-order valence-electron chi connectivity index (χ0n) is 20.1. The van der Waals surface area contributed by atoms with Gasteiger partial charge in [-0.2, -0.15) is 5.10 Å². The van der Waals surface area contributed by atoms with Crippen molar-refractivity contribution in [3.8, 4) is 11.1 Å². The summed E-state index contributed by atoms with van der Waals surface area (Å²) < 4.78 is 13.3. The Bertz CT molecular complexity index is 1070. The summed E-state index contributed by atoms with van der Waals surface area (Å²) in [6, 6.07) is 18.6. The van der Waals surface area contributed by atoms with Gasteiger partial charge in [0.05, 0.1) is 12.8 Å². The molecule has 2 aromatic carbocycles. The standard InChI is InChI=1S/C28H34N4O3/c33-28(29-18-22-6-2-1-3-7-22)35-21-23-13-15-31(16-14-23)26-11-9-24(10-12-26)25-19-30-32(20-25)27-8-4-5-17-34-27/h1-3,6-7,9-12,19-20,23,27H,4-5,8,13-18,21H2,(H,29,33). The third kappa shape index (κ3) is 6.22. The third-order valence-electron chi connectivity index (χ3n) is 6.96. The molecule has 184 valence electrons. The van der Waals surface area contributed by atoms with Gasteiger partial charge in [0.1, 0.15) is 6.23 Å². The first-order valence-electron chi connectivity index (χ1n) is 12.7. The van der Waals surface area contributed by atoms with Crippen molar-refractivity contribution in [2.24, 2.45) is 5.92 Å². The van der Waals surface area contributed by atoms with Crippen molar-refractivity contribution >= 4 is 11.8 Å². The van der Waals surface area contributed by atoms with Crippen LogP contribution in [0.1, 0.15) is 43.9 Å². The number of hydrogen-bond acceptors (Lipinski definition) is 5. The number of benzene rings is 2. The highest BCUT2D eigenvalue weighted by atomic mass is 16.5. The first-order chi connectivity index (χ1) is 17.2. The molecule has 2 saturated heterocycles. The normalized spacial score (nSPS) is 18.9. The molecule has 0 spiro atoms. The molecule has 0 saturated carbocycles. The van der Waals surface area contributed by atoms with E-state index in [9.17, 15) is 4.79 Å². The van der Waals surface area contributed by atoms with Crippen LogP contribution in [-0.2, 0) is 16.0 Å². The molecular formula is C28H34N4O3. The number of anilines is 1. The molecule has 5 rings (SSSR count). The monoisotopic (exact) mass is 474 g/mol. The van der Waals surface area contributed by atoms with E-state index >= 15 is 0 Å². The molecule has 3 heterocycles. The lowest BCUT2D eigenvalue weighted by Gasteiger charge is -2.33. The Kier molecular flexibility index (Phi) is 7.63. The van der Waals surface area contributed by atoms with Crippen molar-refractivity contribution < 1.29 is 14.3 Å². The van der Waals surface area contributed by atoms with Crippen LogP contribution in [0.15, 0.2) is 67.0 Å². The van der Waals surface area contributed by atoms with E-state index in [4.69, 9.17) is 9.47 Å². The number of nitrogens with zero attached hydrogens (tertiary/aromatic N) is 3. The lowest BCUT2D eigenvalue weighted by atomic mass is 9.97. The molecule has 35 heavy (non-hydrogen) atoms. The number of amides is 1. The number of carbonyl (C=O) groups excluding carboxylic acids is 1. The minimum absolute atomic E-state index is 0.0667. The summed E-state index contributed by atoms with van der Waals surface area (Å²) in [6.45, 7) is 3.72. The molecule has 0 radical (unpaired) electrons. The van der Waals surface area contributed by atoms with Gasteiger partial charge in [0.15, 0.2) is 0 Å². The number of nitrogens with one attached hydrogen (secondary N) is 1. The highest BCUT2D eigenvalue weighted by molar-refractivity contribution is 5.67. The van der Waals surface area contributed by atoms with E-state index in [1.54, 1.807) is 0 Å². The molecular weight excluding hydrogens is 440 g/mol. The lowest BCUT2D eigenvalue weighted by molar-refractivity contribution is -0.0394. The maximum absolute atomic E-state index is 12.0. The SMILES string of the molecule is O=C(NCc1ccccc1)OCC1CCN(c2ccc(-c3cnn(C4CCCCO4)c3)cc2)CC1. The highest BCUT2D eigenvalue weighted by Crippen LogP contribution is 2.28. The minimum atomic E-state index is -0.342. The van der Waals surface area contributed by atoms with Crippen LogP contribution in [0, 0.1) is 5.92 Å². The van der Waals surface area contributed by atoms with Crippen LogP contribution in [0.2, 0.25) is 0 Å². The van der Waals surface area contributed by atoms with Crippen LogP contribution in [0.4, 0.5) is 10.5 Å². The van der Waals surface area contributed by atoms with Crippen molar-refractivity contribution in [1.82, 2.24) is 15.1 Å². The van der Waals surface area contributed by atoms with Gasteiger partial charge in [0.2, 0.25) is 0 Å². The van der Waals surface area contributed by atoms with Crippen LogP contribution < -0.4 is 10.2 Å². The predicted octanol–water partition coefficient (Wildman–Crippen LogP) is 5.39. The number of hydrogen-bond donors (Lipinski definition) is 1. The molecule has 2 aliphatic rings. The third-order valence-corrected chi connectivity index (χ3v) is 6.96. The van der Waals surface area contributed by atoms with E-state index in [-0.39, 0.29) is 12.3 Å². The van der Waals surface area contributed by atoms with Crippen molar-refractivity contribution in [2.75, 3.05) is 31.2 Å². The summed E-state index contributed by atoms with van der Waals surface area (Å²) in [5.41, 5.74) is 4.58. The zero-order chi connectivity index (χ0) is 23.9. The van der Waals surface area contributed by atoms with Gasteiger partial charge in [-0.25, -0.2) is 9.48 Å². The van der Waals surface area contributed by atoms with E-state index in [0.29, 0.717) is 19.1 Å². The summed E-state index contributed by atoms with van der Waals surface area (Å²) >= 11 is 0. The van der Waals surface area contributed by atoms with E-state index in [2.05, 4.69) is 45.8 Å². The number of piperidine rings is 1. The van der Waals surface area contributed by atoms with E-state index in [1.165, 1.54) is 17.7 Å². The average Bonchev–Trinajstić information content (AvgIpc) is 3.43. The number of rotatable bonds is 7. The van der Waals surface area contributed by atoms with Gasteiger partial charge in [-0.1, -0.05) is 42.5 Å². The number of alkyl carbamates (subject to hydrolysis) is 1. The lowest BCUT2D eigenvalue weighted by Crippen LogP contribution is -2.36. The Hall–Kier alpha value is -3.32. The second kappa shape index (κ2) is 11.4. The van der Waals surface area contributed by atoms with Crippen molar-refractivity contribution in [3.63, 3.8) is 0 Å². The van der Waals surface area contributed by atoms with Gasteiger partial charge in [-0.3, -0.25) is 0 Å². The molecule has 0 bridgehead atoms. The number of aromatic nitrogens is 2. The summed E-state index contributed by atoms with van der Waals surface area (Å²) in [5.74, 6) is 0.404. The molecule has 2 fully saturated rings. The Labute approximate surface area is 207 Å². The van der Waals surface area contributed by atoms with Crippen LogP contribution >= 0.6 is 0 Å². The molecule has 7 heteroatoms. The molecule has 1 N–H and O–H groups in total. The first-order valence-corrected chi connectivity index (χ1v) is 12.7. The quantitative estimate of drug-likeness (QED) is 0.497. The van der Waals surface area contributed by atoms with Gasteiger partial charge in [0.25, 0.3) is 0 Å². The fourth-order valence-corrected chi connectivity index (χ4v) is 4.81. The minimum Gasteiger partial charge on any atom is -0.449 e. The summed E-state index contributed by atoms with van der Waals surface area (Å²) in [5, 5.41) is 7.36. The van der Waals surface area contributed by atoms with Gasteiger partial charge in [0, 0.05) is 43.7 Å². The van der Waals surface area contributed by atoms with E-state index < -0.39 is 0 Å². The van der Waals surface area contributed by atoms with Gasteiger partial charge >= 0.3 is 6.09 Å². The Morgan fingerprint density at radius 3 is 2.54 bits per heavy atom. The fourth-order valence-electron chi connectivity index (χ4n) is 4.81. The number of ether oxygens (including phenoxy) is 2. The largest absolute Gasteiger partial charge is 0.449 e. The highest BCUT2D eigenvalue weighted by Gasteiger charge is 2.21. The molecule has 1 atom stereocenters. The van der Waals surface area contributed by atoms with Crippen LogP contribution in [0.5, 0.6) is 0 Å². The van der Waals surface area contributed by atoms with Crippen molar-refractivity contribution in [2.45, 2.75) is 44.9 Å². The van der Waals surface area contributed by atoms with Gasteiger partial charge < -0.3 is 19.7 Å². The van der Waals surface area contributed by atoms with E-state index in [0.717, 1.165) is 56.5 Å². The van der Waals surface area contributed by atoms with Crippen LogP contribution in [0.3, 0.4) is 0 Å². The maximum atomic E-state index is 12.0. The van der Waals surface area contributed by atoms with E-state index in [1.807, 2.05) is 41.2 Å². The maximum Gasteiger partial charge on any atom is 0.407 e. The summed E-state index contributed by atoms with van der Waals surface area (Å²) in [7, 11) is 0. The Morgan fingerprint density at radius 1 is 1.00 bits per heavy atom. The molecule has 7 nitrogen and oxygen atoms in total. The molecule has 1 amide bonds. The molecule has 1 aromatic heterocycles. The average molecular weight is 475 g/mol. The first kappa shape index (κ1) is 23.4. The van der Waals surface area contributed by atoms with Gasteiger partial charge in [-0.05, 0) is 61.3 Å². The predicted molar refractivity (Wildman–Crippen MR) is 136 cm³/mol. The van der Waals surface area contributed by atoms with Crippen LogP contribution in [0.25, 0.3) is 11.1 Å². The smallest absolute Gasteiger partial charge is 0.407 e. The Morgan fingerprint density at radius 2 is 1.80 bits per heavy atom. The second-order valence-electron chi connectivity index (χ2n) is 9.45.